The van der Waals surface area contributed by atoms with Gasteiger partial charge in [-0.2, -0.15) is 0 Å². The largest absolute Gasteiger partial charge is 0.455 e. The summed E-state index contributed by atoms with van der Waals surface area (Å²) in [7, 11) is 0. The maximum atomic E-state index is 9.92. The molecule has 3 aromatic heterocycles. The van der Waals surface area contributed by atoms with Crippen molar-refractivity contribution >= 4 is 54.1 Å². The first-order valence-corrected chi connectivity index (χ1v) is 15.4. The highest BCUT2D eigenvalue weighted by Gasteiger charge is 2.21. The Morgan fingerprint density at radius 1 is 0.449 bits per heavy atom. The van der Waals surface area contributed by atoms with Crippen LogP contribution in [0.1, 0.15) is 20.6 Å². The quantitative estimate of drug-likeness (QED) is 0.180. The number of hydrogen-bond donors (Lipinski definition) is 0. The number of fused-ring (bicyclic) bond motifs is 6. The van der Waals surface area contributed by atoms with Crippen LogP contribution in [0.4, 0.5) is 0 Å². The molecular weight excluding hydrogens is 597 g/mol. The number of rotatable bonds is 4. The lowest BCUT2D eigenvalue weighted by molar-refractivity contribution is 0.599. The second kappa shape index (κ2) is 11.0. The van der Waals surface area contributed by atoms with Crippen LogP contribution in [-0.2, 0) is 0 Å². The lowest BCUT2D eigenvalue weighted by Crippen LogP contribution is -1.91. The van der Waals surface area contributed by atoms with Crippen LogP contribution in [0, 0.1) is 0 Å². The minimum atomic E-state index is -0.722. The third-order valence-corrected chi connectivity index (χ3v) is 8.65. The number of aromatic nitrogens is 2. The second-order valence-electron chi connectivity index (χ2n) is 11.4. The molecule has 0 radical (unpaired) electrons. The molecular formula is C46H28N2O. The van der Waals surface area contributed by atoms with Crippen molar-refractivity contribution in [2.75, 3.05) is 0 Å². The zero-order chi connectivity index (χ0) is 45.4. The minimum absolute atomic E-state index is 0.0892. The van der Waals surface area contributed by atoms with Crippen molar-refractivity contribution in [2.45, 2.75) is 0 Å². The molecule has 0 saturated heterocycles. The molecule has 49 heavy (non-hydrogen) atoms. The Hall–Kier alpha value is -6.58. The second-order valence-corrected chi connectivity index (χ2v) is 11.4. The summed E-state index contributed by atoms with van der Waals surface area (Å²) >= 11 is 0. The molecule has 0 aliphatic heterocycles. The first kappa shape index (κ1) is 16.5. The molecule has 0 aliphatic rings. The van der Waals surface area contributed by atoms with Gasteiger partial charge in [-0.05, 0) is 56.1 Å². The molecule has 0 spiro atoms. The molecule has 0 saturated carbocycles. The van der Waals surface area contributed by atoms with Gasteiger partial charge in [0.15, 0.2) is 0 Å². The van der Waals surface area contributed by atoms with Crippen LogP contribution in [0.25, 0.3) is 99.2 Å². The monoisotopic (exact) mass is 639 g/mol. The Morgan fingerprint density at radius 3 is 1.88 bits per heavy atom. The van der Waals surface area contributed by atoms with Gasteiger partial charge in [0, 0.05) is 39.2 Å². The number of furan rings is 1. The first-order valence-electron chi connectivity index (χ1n) is 22.9. The van der Waals surface area contributed by atoms with E-state index in [1.165, 1.54) is 0 Å². The zero-order valence-corrected chi connectivity index (χ0v) is 25.3. The van der Waals surface area contributed by atoms with Gasteiger partial charge in [-0.3, -0.25) is 4.98 Å². The third-order valence-electron chi connectivity index (χ3n) is 8.65. The summed E-state index contributed by atoms with van der Waals surface area (Å²) in [5.41, 5.74) is 2.05. The van der Waals surface area contributed by atoms with Crippen molar-refractivity contribution < 1.29 is 25.0 Å². The Kier molecular flexibility index (Phi) is 3.70. The van der Waals surface area contributed by atoms with Crippen LogP contribution in [-0.4, -0.2) is 9.97 Å². The SMILES string of the molecule is [2H]c1c(-c2c([2H])c([2H])c([2H])c3c([2H])c([2H])c([2H])c([2H])c23)oc(-c2c([2H])c([2H])c([2H])c3c([2H])c([2H])c([2H])c([2H])c23)c1-c1ccc(-c2ccc3ccc4cccnc4c3n2)c2ccccc12. The highest BCUT2D eigenvalue weighted by Crippen LogP contribution is 2.45. The third kappa shape index (κ3) is 4.44. The van der Waals surface area contributed by atoms with Crippen molar-refractivity contribution in [3.63, 3.8) is 0 Å². The van der Waals surface area contributed by atoms with Gasteiger partial charge < -0.3 is 4.42 Å². The van der Waals surface area contributed by atoms with Gasteiger partial charge in [-0.15, -0.1) is 0 Å². The van der Waals surface area contributed by atoms with Gasteiger partial charge >= 0.3 is 0 Å². The highest BCUT2D eigenvalue weighted by molar-refractivity contribution is 6.10. The molecule has 0 N–H and O–H groups in total. The molecule has 0 fully saturated rings. The van der Waals surface area contributed by atoms with Crippen LogP contribution < -0.4 is 0 Å². The summed E-state index contributed by atoms with van der Waals surface area (Å²) in [6.45, 7) is 0. The van der Waals surface area contributed by atoms with Gasteiger partial charge in [-0.25, -0.2) is 4.98 Å². The lowest BCUT2D eigenvalue weighted by atomic mass is 9.91. The molecule has 0 bridgehead atoms. The predicted molar refractivity (Wildman–Crippen MR) is 204 cm³/mol. The van der Waals surface area contributed by atoms with Crippen molar-refractivity contribution in [1.82, 2.24) is 9.97 Å². The molecule has 7 aromatic carbocycles. The zero-order valence-electron chi connectivity index (χ0n) is 40.3. The van der Waals surface area contributed by atoms with E-state index in [1.54, 1.807) is 30.5 Å². The number of pyridine rings is 2. The van der Waals surface area contributed by atoms with Crippen LogP contribution in [0.3, 0.4) is 0 Å². The van der Waals surface area contributed by atoms with E-state index < -0.39 is 107 Å². The van der Waals surface area contributed by atoms with Crippen molar-refractivity contribution in [2.24, 2.45) is 0 Å². The molecule has 10 aromatic rings. The Bertz CT molecular complexity index is 3740. The van der Waals surface area contributed by atoms with E-state index in [2.05, 4.69) is 4.98 Å². The smallest absolute Gasteiger partial charge is 0.143 e. The molecule has 0 amide bonds. The number of benzene rings is 7. The summed E-state index contributed by atoms with van der Waals surface area (Å²) in [5, 5.41) is 1.44. The summed E-state index contributed by atoms with van der Waals surface area (Å²) < 4.78 is 139. The van der Waals surface area contributed by atoms with Crippen molar-refractivity contribution in [1.29, 1.82) is 0 Å². The van der Waals surface area contributed by atoms with Gasteiger partial charge in [0.2, 0.25) is 0 Å². The lowest BCUT2D eigenvalue weighted by Gasteiger charge is -2.13. The van der Waals surface area contributed by atoms with Gasteiger partial charge in [-0.1, -0.05) is 145 Å². The molecule has 3 heterocycles. The van der Waals surface area contributed by atoms with E-state index in [-0.39, 0.29) is 38.6 Å². The summed E-state index contributed by atoms with van der Waals surface area (Å²) in [4.78, 5) is 9.66. The fraction of sp³-hybridized carbons (Fsp3) is 0. The van der Waals surface area contributed by atoms with Gasteiger partial charge in [0.1, 0.15) is 11.5 Å². The van der Waals surface area contributed by atoms with E-state index in [9.17, 15) is 2.74 Å². The topological polar surface area (TPSA) is 38.9 Å². The van der Waals surface area contributed by atoms with Crippen LogP contribution in [0.5, 0.6) is 0 Å². The molecule has 228 valence electrons. The van der Waals surface area contributed by atoms with Crippen LogP contribution >= 0.6 is 0 Å². The fourth-order valence-corrected chi connectivity index (χ4v) is 6.41. The Balaban J connectivity index is 1.36. The predicted octanol–water partition coefficient (Wildman–Crippen LogP) is 12.5. The van der Waals surface area contributed by atoms with Crippen molar-refractivity contribution in [3.05, 3.63) is 170 Å². The van der Waals surface area contributed by atoms with Gasteiger partial charge in [0.05, 0.1) is 37.3 Å². The van der Waals surface area contributed by atoms with Crippen LogP contribution in [0.15, 0.2) is 174 Å². The summed E-state index contributed by atoms with van der Waals surface area (Å²) in [5.74, 6) is -0.875. The molecule has 3 nitrogen and oxygen atoms in total. The molecule has 3 heteroatoms. The van der Waals surface area contributed by atoms with E-state index in [1.807, 2.05) is 48.5 Å². The number of nitrogens with zero attached hydrogens (tertiary/aromatic N) is 2. The molecule has 0 unspecified atom stereocenters. The minimum Gasteiger partial charge on any atom is -0.455 e. The molecule has 0 aliphatic carbocycles. The van der Waals surface area contributed by atoms with E-state index in [4.69, 9.17) is 27.2 Å². The fourth-order valence-electron chi connectivity index (χ4n) is 6.41. The average Bonchev–Trinajstić information content (AvgIpc) is 3.63. The highest BCUT2D eigenvalue weighted by atomic mass is 16.3. The Morgan fingerprint density at radius 2 is 1.08 bits per heavy atom. The summed E-state index contributed by atoms with van der Waals surface area (Å²) in [6, 6.07) is 12.2. The van der Waals surface area contributed by atoms with E-state index in [0.717, 1.165) is 10.8 Å². The summed E-state index contributed by atoms with van der Waals surface area (Å²) in [6.07, 6.45) is 1.70. The molecule has 10 rings (SSSR count). The van der Waals surface area contributed by atoms with E-state index >= 15 is 0 Å². The standard InChI is InChI=1S/C46H28N2O/c1-3-15-33-29(10-1)12-7-19-39(33)43-28-41(46(49-43)40-20-8-13-30-11-2-4-16-34(30)40)37-24-25-38(36-18-6-5-17-35(36)37)42-26-23-32-22-21-31-14-9-27-47-44(31)45(32)48-42/h1-28H/i1D,2D,3D,4D,7D,8D,10D,11D,12D,13D,15D,16D,19D,20D,28D. The number of hydrogen-bond acceptors (Lipinski definition) is 3. The first-order chi connectivity index (χ1) is 30.5. The molecule has 0 atom stereocenters. The maximum Gasteiger partial charge on any atom is 0.143 e. The normalized spacial score (nSPS) is 16.0. The van der Waals surface area contributed by atoms with E-state index in [0.29, 0.717) is 33.1 Å². The Labute approximate surface area is 303 Å². The van der Waals surface area contributed by atoms with Crippen molar-refractivity contribution in [3.8, 4) is 45.0 Å². The van der Waals surface area contributed by atoms with Crippen LogP contribution in [0.2, 0.25) is 0 Å². The maximum absolute atomic E-state index is 9.92. The average molecular weight is 640 g/mol. The van der Waals surface area contributed by atoms with Gasteiger partial charge in [0.25, 0.3) is 0 Å².